The molecule has 0 spiro atoms. The zero-order chi connectivity index (χ0) is 14.4. The average molecular weight is 277 g/mol. The molecule has 4 nitrogen and oxygen atoms in total. The molecule has 2 rings (SSSR count). The number of carbonyl (C=O) groups is 1. The van der Waals surface area contributed by atoms with Gasteiger partial charge in [0.25, 0.3) is 0 Å². The topological polar surface area (TPSA) is 58.6 Å². The molecule has 1 saturated carbocycles. The van der Waals surface area contributed by atoms with E-state index in [1.54, 1.807) is 24.3 Å². The maximum Gasteiger partial charge on any atom is 0.335 e. The molecule has 1 fully saturated rings. The first-order valence-corrected chi connectivity index (χ1v) is 7.36. The molecule has 110 valence electrons. The Morgan fingerprint density at radius 2 is 2.20 bits per heavy atom. The second-order valence-electron chi connectivity index (χ2n) is 5.47. The normalized spacial score (nSPS) is 17.1. The number of nitrogens with one attached hydrogen (secondary N) is 1. The molecule has 1 atom stereocenters. The highest BCUT2D eigenvalue weighted by Gasteiger charge is 2.20. The first-order valence-electron chi connectivity index (χ1n) is 7.36. The Morgan fingerprint density at radius 1 is 1.45 bits per heavy atom. The van der Waals surface area contributed by atoms with E-state index in [0.717, 1.165) is 12.5 Å². The molecule has 1 aliphatic rings. The van der Waals surface area contributed by atoms with E-state index in [1.807, 2.05) is 0 Å². The average Bonchev–Trinajstić information content (AvgIpc) is 2.98. The van der Waals surface area contributed by atoms with E-state index in [9.17, 15) is 4.79 Å². The van der Waals surface area contributed by atoms with Crippen molar-refractivity contribution < 1.29 is 14.6 Å². The van der Waals surface area contributed by atoms with Gasteiger partial charge in [-0.3, -0.25) is 0 Å². The van der Waals surface area contributed by atoms with Crippen LogP contribution in [-0.4, -0.2) is 30.3 Å². The zero-order valence-electron chi connectivity index (χ0n) is 12.0. The van der Waals surface area contributed by atoms with E-state index in [4.69, 9.17) is 9.84 Å². The summed E-state index contributed by atoms with van der Waals surface area (Å²) < 4.78 is 5.58. The molecule has 1 unspecified atom stereocenters. The second kappa shape index (κ2) is 7.29. The van der Waals surface area contributed by atoms with Gasteiger partial charge < -0.3 is 15.2 Å². The first-order chi connectivity index (χ1) is 9.66. The van der Waals surface area contributed by atoms with Gasteiger partial charge in [-0.15, -0.1) is 0 Å². The van der Waals surface area contributed by atoms with E-state index in [1.165, 1.54) is 25.7 Å². The lowest BCUT2D eigenvalue weighted by atomic mass is 10.00. The molecule has 1 aromatic rings. The summed E-state index contributed by atoms with van der Waals surface area (Å²) >= 11 is 0. The minimum absolute atomic E-state index is 0.259. The Labute approximate surface area is 120 Å². The number of aromatic carboxylic acids is 1. The lowest BCUT2D eigenvalue weighted by molar-refractivity contribution is 0.0696. The van der Waals surface area contributed by atoms with Crippen LogP contribution >= 0.6 is 0 Å². The highest BCUT2D eigenvalue weighted by atomic mass is 16.5. The van der Waals surface area contributed by atoms with Gasteiger partial charge in [0.05, 0.1) is 5.56 Å². The predicted molar refractivity (Wildman–Crippen MR) is 78.3 cm³/mol. The lowest BCUT2D eigenvalue weighted by Crippen LogP contribution is -2.35. The third-order valence-corrected chi connectivity index (χ3v) is 4.03. The Hall–Kier alpha value is -1.55. The van der Waals surface area contributed by atoms with Crippen molar-refractivity contribution in [3.05, 3.63) is 29.8 Å². The molecule has 0 aromatic heterocycles. The van der Waals surface area contributed by atoms with Crippen LogP contribution in [0, 0.1) is 5.92 Å². The highest BCUT2D eigenvalue weighted by molar-refractivity contribution is 5.87. The summed E-state index contributed by atoms with van der Waals surface area (Å²) in [5.41, 5.74) is 0.259. The van der Waals surface area contributed by atoms with Crippen molar-refractivity contribution >= 4 is 5.97 Å². The fourth-order valence-electron chi connectivity index (χ4n) is 2.80. The van der Waals surface area contributed by atoms with E-state index in [0.29, 0.717) is 18.4 Å². The highest BCUT2D eigenvalue weighted by Crippen LogP contribution is 2.27. The number of hydrogen-bond donors (Lipinski definition) is 2. The van der Waals surface area contributed by atoms with Gasteiger partial charge in [-0.05, 0) is 43.9 Å². The molecule has 4 heteroatoms. The zero-order valence-corrected chi connectivity index (χ0v) is 12.0. The molecule has 0 amide bonds. The SMILES string of the molecule is CC(NCCOc1cccc(C(=O)O)c1)C1CCCC1. The van der Waals surface area contributed by atoms with Crippen LogP contribution in [-0.2, 0) is 0 Å². The molecule has 0 aliphatic heterocycles. The number of carboxylic acids is 1. The van der Waals surface area contributed by atoms with Crippen LogP contribution in [0.1, 0.15) is 43.0 Å². The summed E-state index contributed by atoms with van der Waals surface area (Å²) in [6.07, 6.45) is 5.37. The van der Waals surface area contributed by atoms with Crippen LogP contribution in [0.2, 0.25) is 0 Å². The number of rotatable bonds is 7. The van der Waals surface area contributed by atoms with E-state index >= 15 is 0 Å². The molecule has 0 heterocycles. The van der Waals surface area contributed by atoms with Crippen molar-refractivity contribution in [3.8, 4) is 5.75 Å². The van der Waals surface area contributed by atoms with Crippen LogP contribution in [0.5, 0.6) is 5.75 Å². The van der Waals surface area contributed by atoms with Crippen molar-refractivity contribution in [2.24, 2.45) is 5.92 Å². The molecular formula is C16H23NO3. The third-order valence-electron chi connectivity index (χ3n) is 4.03. The van der Waals surface area contributed by atoms with Crippen LogP contribution in [0.3, 0.4) is 0 Å². The number of benzene rings is 1. The van der Waals surface area contributed by atoms with Gasteiger partial charge in [-0.2, -0.15) is 0 Å². The summed E-state index contributed by atoms with van der Waals surface area (Å²) in [6.45, 7) is 3.58. The fraction of sp³-hybridized carbons (Fsp3) is 0.562. The summed E-state index contributed by atoms with van der Waals surface area (Å²) in [5, 5.41) is 12.4. The van der Waals surface area contributed by atoms with Gasteiger partial charge in [0.2, 0.25) is 0 Å². The lowest BCUT2D eigenvalue weighted by Gasteiger charge is -2.20. The minimum atomic E-state index is -0.927. The first kappa shape index (κ1) is 14.9. The van der Waals surface area contributed by atoms with Crippen LogP contribution in [0.25, 0.3) is 0 Å². The molecule has 0 radical (unpaired) electrons. The van der Waals surface area contributed by atoms with Crippen molar-refractivity contribution in [3.63, 3.8) is 0 Å². The van der Waals surface area contributed by atoms with Crippen molar-refractivity contribution in [2.45, 2.75) is 38.6 Å². The van der Waals surface area contributed by atoms with Gasteiger partial charge in [0.1, 0.15) is 12.4 Å². The van der Waals surface area contributed by atoms with Crippen molar-refractivity contribution in [1.82, 2.24) is 5.32 Å². The van der Waals surface area contributed by atoms with Crippen molar-refractivity contribution in [2.75, 3.05) is 13.2 Å². The molecule has 1 aromatic carbocycles. The Kier molecular flexibility index (Phi) is 5.41. The molecule has 0 saturated heterocycles. The summed E-state index contributed by atoms with van der Waals surface area (Å²) in [5.74, 6) is 0.481. The maximum atomic E-state index is 10.9. The van der Waals surface area contributed by atoms with Crippen molar-refractivity contribution in [1.29, 1.82) is 0 Å². The molecule has 1 aliphatic carbocycles. The third kappa shape index (κ3) is 4.23. The number of ether oxygens (including phenoxy) is 1. The van der Waals surface area contributed by atoms with Crippen LogP contribution < -0.4 is 10.1 Å². The largest absolute Gasteiger partial charge is 0.492 e. The molecular weight excluding hydrogens is 254 g/mol. The maximum absolute atomic E-state index is 10.9. The van der Waals surface area contributed by atoms with Gasteiger partial charge in [0.15, 0.2) is 0 Å². The monoisotopic (exact) mass is 277 g/mol. The smallest absolute Gasteiger partial charge is 0.335 e. The Bertz CT molecular complexity index is 441. The van der Waals surface area contributed by atoms with Gasteiger partial charge in [-0.25, -0.2) is 4.79 Å². The summed E-state index contributed by atoms with van der Waals surface area (Å²) in [6, 6.07) is 7.14. The van der Waals surface area contributed by atoms with Gasteiger partial charge >= 0.3 is 5.97 Å². The van der Waals surface area contributed by atoms with Gasteiger partial charge in [0, 0.05) is 12.6 Å². The van der Waals surface area contributed by atoms with E-state index < -0.39 is 5.97 Å². The molecule has 0 bridgehead atoms. The second-order valence-corrected chi connectivity index (χ2v) is 5.47. The van der Waals surface area contributed by atoms with E-state index in [-0.39, 0.29) is 5.56 Å². The van der Waals surface area contributed by atoms with Crippen LogP contribution in [0.4, 0.5) is 0 Å². The summed E-state index contributed by atoms with van der Waals surface area (Å²) in [7, 11) is 0. The minimum Gasteiger partial charge on any atom is -0.492 e. The summed E-state index contributed by atoms with van der Waals surface area (Å²) in [4.78, 5) is 10.9. The Morgan fingerprint density at radius 3 is 2.90 bits per heavy atom. The fourth-order valence-corrected chi connectivity index (χ4v) is 2.80. The van der Waals surface area contributed by atoms with Crippen LogP contribution in [0.15, 0.2) is 24.3 Å². The Balaban J connectivity index is 1.70. The van der Waals surface area contributed by atoms with E-state index in [2.05, 4.69) is 12.2 Å². The number of carboxylic acid groups (broad SMARTS) is 1. The number of hydrogen-bond acceptors (Lipinski definition) is 3. The quantitative estimate of drug-likeness (QED) is 0.752. The van der Waals surface area contributed by atoms with Gasteiger partial charge in [-0.1, -0.05) is 18.9 Å². The predicted octanol–water partition coefficient (Wildman–Crippen LogP) is 2.93. The standard InChI is InChI=1S/C16H23NO3/c1-12(13-5-2-3-6-13)17-9-10-20-15-8-4-7-14(11-15)16(18)19/h4,7-8,11-13,17H,2-3,5-6,9-10H2,1H3,(H,18,19). The molecule has 20 heavy (non-hydrogen) atoms. The molecule has 2 N–H and O–H groups in total.